The highest BCUT2D eigenvalue weighted by Crippen LogP contribution is 2.43. The van der Waals surface area contributed by atoms with Crippen LogP contribution in [0.1, 0.15) is 44.7 Å². The molecule has 1 aromatic rings. The molecule has 2 fully saturated rings. The van der Waals surface area contributed by atoms with Crippen molar-refractivity contribution in [2.45, 2.75) is 57.7 Å². The van der Waals surface area contributed by atoms with Crippen LogP contribution >= 0.6 is 0 Å². The summed E-state index contributed by atoms with van der Waals surface area (Å²) < 4.78 is 8.04. The number of aromatic nitrogens is 2. The molecule has 1 spiro atoms. The quantitative estimate of drug-likeness (QED) is 0.886. The van der Waals surface area contributed by atoms with E-state index in [-0.39, 0.29) is 5.60 Å². The van der Waals surface area contributed by atoms with Crippen LogP contribution in [0, 0.1) is 5.92 Å². The lowest BCUT2D eigenvalue weighted by Gasteiger charge is -2.47. The van der Waals surface area contributed by atoms with Crippen LogP contribution in [-0.4, -0.2) is 28.5 Å². The summed E-state index contributed by atoms with van der Waals surface area (Å²) in [4.78, 5) is 0. The van der Waals surface area contributed by atoms with Crippen molar-refractivity contribution in [2.75, 3.05) is 13.2 Å². The predicted molar refractivity (Wildman–Crippen MR) is 74.9 cm³/mol. The van der Waals surface area contributed by atoms with E-state index in [1.807, 2.05) is 6.20 Å². The maximum Gasteiger partial charge on any atom is 0.0685 e. The first kappa shape index (κ1) is 13.1. The van der Waals surface area contributed by atoms with Crippen LogP contribution in [-0.2, 0) is 17.8 Å². The molecule has 1 unspecified atom stereocenters. The van der Waals surface area contributed by atoms with Gasteiger partial charge in [0.25, 0.3) is 0 Å². The second kappa shape index (κ2) is 5.63. The second-order valence-corrected chi connectivity index (χ2v) is 6.01. The molecular formula is C15H25N3O. The zero-order valence-corrected chi connectivity index (χ0v) is 11.9. The topological polar surface area (TPSA) is 39.1 Å². The molecule has 0 aromatic carbocycles. The summed E-state index contributed by atoms with van der Waals surface area (Å²) in [6, 6.07) is 2.11. The SMILES string of the molecule is CCn1nccc1CNCC1CCOC2(CCC2)C1. The molecule has 1 N–H and O–H groups in total. The molecule has 2 aliphatic rings. The minimum absolute atomic E-state index is 0.274. The van der Waals surface area contributed by atoms with E-state index in [9.17, 15) is 0 Å². The molecule has 0 bridgehead atoms. The summed E-state index contributed by atoms with van der Waals surface area (Å²) in [5.41, 5.74) is 1.56. The molecule has 0 radical (unpaired) electrons. The van der Waals surface area contributed by atoms with E-state index in [0.717, 1.165) is 32.2 Å². The molecule has 0 amide bonds. The molecule has 19 heavy (non-hydrogen) atoms. The molecule has 3 rings (SSSR count). The Labute approximate surface area is 115 Å². The summed E-state index contributed by atoms with van der Waals surface area (Å²) in [7, 11) is 0. The fourth-order valence-corrected chi connectivity index (χ4v) is 3.42. The van der Waals surface area contributed by atoms with Crippen LogP contribution in [0.3, 0.4) is 0 Å². The Morgan fingerprint density at radius 2 is 2.42 bits per heavy atom. The molecule has 2 heterocycles. The van der Waals surface area contributed by atoms with E-state index >= 15 is 0 Å². The zero-order valence-electron chi connectivity index (χ0n) is 11.9. The number of rotatable bonds is 5. The summed E-state index contributed by atoms with van der Waals surface area (Å²) in [6.45, 7) is 6.08. The molecule has 1 saturated heterocycles. The Bertz CT molecular complexity index is 411. The van der Waals surface area contributed by atoms with Crippen LogP contribution in [0.5, 0.6) is 0 Å². The fourth-order valence-electron chi connectivity index (χ4n) is 3.42. The van der Waals surface area contributed by atoms with E-state index < -0.39 is 0 Å². The van der Waals surface area contributed by atoms with Crippen molar-refractivity contribution in [3.05, 3.63) is 18.0 Å². The first-order valence-corrected chi connectivity index (χ1v) is 7.67. The predicted octanol–water partition coefficient (Wildman–Crippen LogP) is 2.34. The molecule has 4 heteroatoms. The Morgan fingerprint density at radius 3 is 3.16 bits per heavy atom. The smallest absolute Gasteiger partial charge is 0.0685 e. The lowest BCUT2D eigenvalue weighted by molar-refractivity contribution is -0.142. The van der Waals surface area contributed by atoms with Gasteiger partial charge < -0.3 is 10.1 Å². The van der Waals surface area contributed by atoms with Crippen LogP contribution in [0.2, 0.25) is 0 Å². The third-order valence-electron chi connectivity index (χ3n) is 4.70. The number of ether oxygens (including phenoxy) is 1. The number of hydrogen-bond donors (Lipinski definition) is 1. The van der Waals surface area contributed by atoms with Crippen molar-refractivity contribution in [1.29, 1.82) is 0 Å². The highest BCUT2D eigenvalue weighted by atomic mass is 16.5. The van der Waals surface area contributed by atoms with Gasteiger partial charge in [0.2, 0.25) is 0 Å². The number of nitrogens with one attached hydrogen (secondary N) is 1. The van der Waals surface area contributed by atoms with Crippen molar-refractivity contribution in [3.8, 4) is 0 Å². The highest BCUT2D eigenvalue weighted by molar-refractivity contribution is 5.00. The van der Waals surface area contributed by atoms with Crippen molar-refractivity contribution >= 4 is 0 Å². The molecule has 1 saturated carbocycles. The fraction of sp³-hybridized carbons (Fsp3) is 0.800. The van der Waals surface area contributed by atoms with Gasteiger partial charge in [0.15, 0.2) is 0 Å². The minimum Gasteiger partial charge on any atom is -0.375 e. The van der Waals surface area contributed by atoms with Gasteiger partial charge in [-0.25, -0.2) is 0 Å². The van der Waals surface area contributed by atoms with Crippen LogP contribution in [0.15, 0.2) is 12.3 Å². The first-order valence-electron chi connectivity index (χ1n) is 7.67. The van der Waals surface area contributed by atoms with Gasteiger partial charge in [0.1, 0.15) is 0 Å². The summed E-state index contributed by atoms with van der Waals surface area (Å²) >= 11 is 0. The Morgan fingerprint density at radius 1 is 1.53 bits per heavy atom. The Kier molecular flexibility index (Phi) is 3.89. The van der Waals surface area contributed by atoms with Crippen molar-refractivity contribution < 1.29 is 4.74 Å². The number of hydrogen-bond acceptors (Lipinski definition) is 3. The van der Waals surface area contributed by atoms with Gasteiger partial charge in [-0.1, -0.05) is 0 Å². The molecule has 1 aliphatic carbocycles. The van der Waals surface area contributed by atoms with Gasteiger partial charge in [0.05, 0.1) is 11.3 Å². The van der Waals surface area contributed by atoms with Gasteiger partial charge in [0, 0.05) is 25.9 Å². The summed E-state index contributed by atoms with van der Waals surface area (Å²) in [5.74, 6) is 0.784. The standard InChI is InChI=1S/C15H25N3O/c1-2-18-14(4-8-17-18)12-16-11-13-5-9-19-15(10-13)6-3-7-15/h4,8,13,16H,2-3,5-7,9-12H2,1H3. The first-order chi connectivity index (χ1) is 9.31. The van der Waals surface area contributed by atoms with Gasteiger partial charge in [-0.15, -0.1) is 0 Å². The zero-order chi connectivity index (χ0) is 13.1. The van der Waals surface area contributed by atoms with E-state index in [0.29, 0.717) is 0 Å². The Balaban J connectivity index is 1.44. The normalized spacial score (nSPS) is 25.4. The maximum absolute atomic E-state index is 5.98. The molecule has 1 aliphatic heterocycles. The number of nitrogens with zero attached hydrogens (tertiary/aromatic N) is 2. The highest BCUT2D eigenvalue weighted by Gasteiger charge is 2.42. The molecular weight excluding hydrogens is 238 g/mol. The van der Waals surface area contributed by atoms with Gasteiger partial charge in [-0.3, -0.25) is 4.68 Å². The second-order valence-electron chi connectivity index (χ2n) is 6.01. The maximum atomic E-state index is 5.98. The van der Waals surface area contributed by atoms with Gasteiger partial charge >= 0.3 is 0 Å². The van der Waals surface area contributed by atoms with Gasteiger partial charge in [-0.05, 0) is 57.6 Å². The molecule has 4 nitrogen and oxygen atoms in total. The molecule has 1 aromatic heterocycles. The lowest BCUT2D eigenvalue weighted by atomic mass is 9.72. The molecule has 106 valence electrons. The van der Waals surface area contributed by atoms with Crippen LogP contribution in [0.25, 0.3) is 0 Å². The summed E-state index contributed by atoms with van der Waals surface area (Å²) in [5, 5.41) is 7.90. The lowest BCUT2D eigenvalue weighted by Crippen LogP contribution is -2.47. The Hall–Kier alpha value is -0.870. The van der Waals surface area contributed by atoms with E-state index in [1.54, 1.807) is 0 Å². The summed E-state index contributed by atoms with van der Waals surface area (Å²) in [6.07, 6.45) is 8.28. The largest absolute Gasteiger partial charge is 0.375 e. The average molecular weight is 263 g/mol. The van der Waals surface area contributed by atoms with Crippen molar-refractivity contribution in [3.63, 3.8) is 0 Å². The molecule has 1 atom stereocenters. The number of aryl methyl sites for hydroxylation is 1. The third kappa shape index (κ3) is 2.84. The van der Waals surface area contributed by atoms with E-state index in [4.69, 9.17) is 4.74 Å². The average Bonchev–Trinajstić information content (AvgIpc) is 2.85. The minimum atomic E-state index is 0.274. The van der Waals surface area contributed by atoms with Gasteiger partial charge in [-0.2, -0.15) is 5.10 Å². The monoisotopic (exact) mass is 263 g/mol. The van der Waals surface area contributed by atoms with Crippen molar-refractivity contribution in [2.24, 2.45) is 5.92 Å². The van der Waals surface area contributed by atoms with E-state index in [1.165, 1.54) is 37.8 Å². The van der Waals surface area contributed by atoms with Crippen LogP contribution in [0.4, 0.5) is 0 Å². The van der Waals surface area contributed by atoms with Crippen LogP contribution < -0.4 is 5.32 Å². The van der Waals surface area contributed by atoms with E-state index in [2.05, 4.69) is 28.1 Å². The third-order valence-corrected chi connectivity index (χ3v) is 4.70. The van der Waals surface area contributed by atoms with Crippen molar-refractivity contribution in [1.82, 2.24) is 15.1 Å².